The summed E-state index contributed by atoms with van der Waals surface area (Å²) in [7, 11) is -3.50. The average Bonchev–Trinajstić information content (AvgIpc) is 2.95. The molecule has 0 aromatic heterocycles. The van der Waals surface area contributed by atoms with E-state index >= 15 is 0 Å². The third-order valence-corrected chi connectivity index (χ3v) is 5.52. The summed E-state index contributed by atoms with van der Waals surface area (Å²) >= 11 is 0. The molecule has 0 saturated heterocycles. The number of nitrogens with zero attached hydrogens (tertiary/aromatic N) is 2. The number of hydrazine groups is 1. The van der Waals surface area contributed by atoms with Crippen LogP contribution in [0.25, 0.3) is 0 Å². The van der Waals surface area contributed by atoms with Gasteiger partial charge >= 0.3 is 6.03 Å². The Hall–Kier alpha value is -2.26. The fourth-order valence-electron chi connectivity index (χ4n) is 2.18. The van der Waals surface area contributed by atoms with Crippen molar-refractivity contribution < 1.29 is 13.2 Å². The second-order valence-corrected chi connectivity index (χ2v) is 6.86. The first kappa shape index (κ1) is 17.1. The Morgan fingerprint density at radius 3 is 2.39 bits per heavy atom. The van der Waals surface area contributed by atoms with Gasteiger partial charge in [-0.3, -0.25) is 5.43 Å². The van der Waals surface area contributed by atoms with Crippen LogP contribution in [-0.4, -0.2) is 43.4 Å². The van der Waals surface area contributed by atoms with E-state index in [9.17, 15) is 13.2 Å². The Bertz CT molecular complexity index is 696. The maximum Gasteiger partial charge on any atom is 0.340 e. The molecular formula is C14H21N5O3S. The van der Waals surface area contributed by atoms with Gasteiger partial charge in [0.2, 0.25) is 10.0 Å². The predicted octanol–water partition coefficient (Wildman–Crippen LogP) is 0.869. The zero-order valence-electron chi connectivity index (χ0n) is 13.1. The van der Waals surface area contributed by atoms with Gasteiger partial charge in [-0.2, -0.15) is 4.31 Å². The Kier molecular flexibility index (Phi) is 5.12. The van der Waals surface area contributed by atoms with Gasteiger partial charge in [0.1, 0.15) is 5.82 Å². The van der Waals surface area contributed by atoms with Crippen molar-refractivity contribution in [1.29, 1.82) is 0 Å². The molecule has 4 N–H and O–H groups in total. The van der Waals surface area contributed by atoms with E-state index in [1.165, 1.54) is 21.4 Å². The van der Waals surface area contributed by atoms with Crippen LogP contribution in [0.4, 0.5) is 10.5 Å². The van der Waals surface area contributed by atoms with E-state index in [0.29, 0.717) is 31.1 Å². The molecule has 0 fully saturated rings. The lowest BCUT2D eigenvalue weighted by Gasteiger charge is -2.19. The van der Waals surface area contributed by atoms with E-state index in [1.54, 1.807) is 32.1 Å². The third-order valence-electron chi connectivity index (χ3n) is 3.45. The highest BCUT2D eigenvalue weighted by Gasteiger charge is 2.22. The first-order valence-corrected chi connectivity index (χ1v) is 8.73. The molecule has 2 amide bonds. The summed E-state index contributed by atoms with van der Waals surface area (Å²) in [5.74, 6) is 0.417. The maximum atomic E-state index is 12.4. The summed E-state index contributed by atoms with van der Waals surface area (Å²) in [6.07, 6.45) is 1.68. The monoisotopic (exact) mass is 339 g/mol. The minimum atomic E-state index is -3.50. The number of nitrogens with one attached hydrogen (secondary N) is 2. The van der Waals surface area contributed by atoms with Gasteiger partial charge in [-0.1, -0.05) is 13.8 Å². The molecule has 9 heteroatoms. The maximum absolute atomic E-state index is 12.4. The first-order valence-electron chi connectivity index (χ1n) is 7.29. The van der Waals surface area contributed by atoms with Gasteiger partial charge in [0.15, 0.2) is 0 Å². The van der Waals surface area contributed by atoms with Gasteiger partial charge in [-0.15, -0.1) is 0 Å². The molecule has 0 bridgehead atoms. The Balaban J connectivity index is 2.06. The molecule has 0 atom stereocenters. The van der Waals surface area contributed by atoms with Gasteiger partial charge < -0.3 is 11.1 Å². The zero-order chi connectivity index (χ0) is 17.0. The number of benzene rings is 1. The van der Waals surface area contributed by atoms with Crippen LogP contribution >= 0.6 is 0 Å². The second-order valence-electron chi connectivity index (χ2n) is 4.93. The van der Waals surface area contributed by atoms with Gasteiger partial charge in [-0.05, 0) is 30.3 Å². The zero-order valence-corrected chi connectivity index (χ0v) is 13.9. The quantitative estimate of drug-likeness (QED) is 0.738. The van der Waals surface area contributed by atoms with Gasteiger partial charge in [0, 0.05) is 18.8 Å². The predicted molar refractivity (Wildman–Crippen MR) is 87.7 cm³/mol. The Labute approximate surface area is 136 Å². The molecule has 0 spiro atoms. The van der Waals surface area contributed by atoms with Crippen molar-refractivity contribution in [3.8, 4) is 0 Å². The summed E-state index contributed by atoms with van der Waals surface area (Å²) in [6.45, 7) is 4.77. The lowest BCUT2D eigenvalue weighted by Crippen LogP contribution is -2.42. The molecule has 2 rings (SSSR count). The summed E-state index contributed by atoms with van der Waals surface area (Å²) in [4.78, 5) is 12.2. The number of carbonyl (C=O) groups excluding carboxylic acids is 1. The van der Waals surface area contributed by atoms with Crippen LogP contribution in [0.1, 0.15) is 13.8 Å². The summed E-state index contributed by atoms with van der Waals surface area (Å²) in [5, 5.41) is 3.98. The molecule has 1 aliphatic rings. The number of anilines is 1. The molecule has 0 aliphatic carbocycles. The highest BCUT2D eigenvalue weighted by Crippen LogP contribution is 2.18. The van der Waals surface area contributed by atoms with Crippen molar-refractivity contribution in [2.75, 3.05) is 25.0 Å². The van der Waals surface area contributed by atoms with Crippen molar-refractivity contribution >= 4 is 21.7 Å². The molecule has 0 radical (unpaired) electrons. The third kappa shape index (κ3) is 3.74. The van der Waals surface area contributed by atoms with Crippen molar-refractivity contribution in [3.05, 3.63) is 36.2 Å². The average molecular weight is 339 g/mol. The van der Waals surface area contributed by atoms with E-state index in [4.69, 9.17) is 5.73 Å². The van der Waals surface area contributed by atoms with E-state index in [2.05, 4.69) is 10.7 Å². The molecule has 1 aromatic rings. The van der Waals surface area contributed by atoms with E-state index in [1.807, 2.05) is 0 Å². The molecule has 1 heterocycles. The number of sulfonamides is 1. The van der Waals surface area contributed by atoms with E-state index in [-0.39, 0.29) is 10.9 Å². The van der Waals surface area contributed by atoms with Crippen LogP contribution in [0.15, 0.2) is 41.1 Å². The molecular weight excluding hydrogens is 318 g/mol. The molecule has 1 aliphatic heterocycles. The van der Waals surface area contributed by atoms with Crippen LogP contribution in [0.3, 0.4) is 0 Å². The molecule has 0 saturated carbocycles. The largest absolute Gasteiger partial charge is 0.384 e. The van der Waals surface area contributed by atoms with Crippen LogP contribution in [0, 0.1) is 0 Å². The van der Waals surface area contributed by atoms with Crippen molar-refractivity contribution in [3.63, 3.8) is 0 Å². The first-order chi connectivity index (χ1) is 10.9. The standard InChI is InChI=1S/C14H21N5O3S/c1-3-18(4-2)23(21,22)12-7-5-11(6-8-12)16-14(20)19-10-9-13(15)17-19/h5-9,17H,3-4,10,15H2,1-2H3,(H,16,20). The number of rotatable bonds is 5. The fourth-order valence-corrected chi connectivity index (χ4v) is 3.64. The highest BCUT2D eigenvalue weighted by atomic mass is 32.2. The fraction of sp³-hybridized carbons (Fsp3) is 0.357. The van der Waals surface area contributed by atoms with Gasteiger partial charge in [0.05, 0.1) is 11.4 Å². The SMILES string of the molecule is CCN(CC)S(=O)(=O)c1ccc(NC(=O)N2CC=C(N)N2)cc1. The van der Waals surface area contributed by atoms with Gasteiger partial charge in [0.25, 0.3) is 0 Å². The highest BCUT2D eigenvalue weighted by molar-refractivity contribution is 7.89. The molecule has 126 valence electrons. The number of urea groups is 1. The summed E-state index contributed by atoms with van der Waals surface area (Å²) in [5.41, 5.74) is 8.73. The van der Waals surface area contributed by atoms with Gasteiger partial charge in [-0.25, -0.2) is 18.2 Å². The summed E-state index contributed by atoms with van der Waals surface area (Å²) in [6, 6.07) is 5.70. The number of hydrogen-bond donors (Lipinski definition) is 3. The number of carbonyl (C=O) groups is 1. The number of hydrogen-bond acceptors (Lipinski definition) is 5. The summed E-state index contributed by atoms with van der Waals surface area (Å²) < 4.78 is 26.1. The van der Waals surface area contributed by atoms with Crippen molar-refractivity contribution in [1.82, 2.24) is 14.7 Å². The topological polar surface area (TPSA) is 108 Å². The Morgan fingerprint density at radius 1 is 1.30 bits per heavy atom. The molecule has 1 aromatic carbocycles. The molecule has 0 unspecified atom stereocenters. The lowest BCUT2D eigenvalue weighted by molar-refractivity contribution is 0.206. The Morgan fingerprint density at radius 2 is 1.91 bits per heavy atom. The lowest BCUT2D eigenvalue weighted by atomic mass is 10.3. The van der Waals surface area contributed by atoms with E-state index < -0.39 is 10.0 Å². The van der Waals surface area contributed by atoms with Crippen LogP contribution in [0.2, 0.25) is 0 Å². The number of nitrogens with two attached hydrogens (primary N) is 1. The second kappa shape index (κ2) is 6.88. The smallest absolute Gasteiger partial charge is 0.340 e. The minimum Gasteiger partial charge on any atom is -0.384 e. The van der Waals surface area contributed by atoms with Crippen molar-refractivity contribution in [2.24, 2.45) is 5.73 Å². The molecule has 8 nitrogen and oxygen atoms in total. The van der Waals surface area contributed by atoms with Crippen LogP contribution in [-0.2, 0) is 10.0 Å². The van der Waals surface area contributed by atoms with Crippen LogP contribution < -0.4 is 16.5 Å². The number of amides is 2. The normalized spacial score (nSPS) is 14.6. The molecule has 23 heavy (non-hydrogen) atoms. The van der Waals surface area contributed by atoms with E-state index in [0.717, 1.165) is 0 Å². The van der Waals surface area contributed by atoms with Crippen LogP contribution in [0.5, 0.6) is 0 Å². The minimum absolute atomic E-state index is 0.199. The van der Waals surface area contributed by atoms with Crippen molar-refractivity contribution in [2.45, 2.75) is 18.7 Å².